The molecule has 1 saturated carbocycles. The van der Waals surface area contributed by atoms with E-state index in [1.54, 1.807) is 11.8 Å². The number of carboxylic acids is 1. The van der Waals surface area contributed by atoms with Crippen molar-refractivity contribution in [3.8, 4) is 0 Å². The lowest BCUT2D eigenvalue weighted by Gasteiger charge is -2.33. The fraction of sp³-hybridized carbons (Fsp3) is 0.500. The van der Waals surface area contributed by atoms with Crippen molar-refractivity contribution in [2.75, 3.05) is 11.5 Å². The summed E-state index contributed by atoms with van der Waals surface area (Å²) in [5.74, 6) is -0.309. The largest absolute Gasteiger partial charge is 0.480 e. The molecule has 1 aliphatic heterocycles. The number of aliphatic carboxylic acids is 1. The van der Waals surface area contributed by atoms with Crippen molar-refractivity contribution >= 4 is 33.7 Å². The lowest BCUT2D eigenvalue weighted by atomic mass is 9.92. The van der Waals surface area contributed by atoms with Gasteiger partial charge >= 0.3 is 5.97 Å². The molecule has 0 atom stereocenters. The van der Waals surface area contributed by atoms with Gasteiger partial charge in [0.1, 0.15) is 5.54 Å². The summed E-state index contributed by atoms with van der Waals surface area (Å²) in [4.78, 5) is 24.2. The number of carbonyl (C=O) groups excluding carboxylic acids is 1. The van der Waals surface area contributed by atoms with Gasteiger partial charge in [0.05, 0.1) is 4.90 Å². The third-order valence-electron chi connectivity index (χ3n) is 4.41. The summed E-state index contributed by atoms with van der Waals surface area (Å²) in [7, 11) is -3.67. The summed E-state index contributed by atoms with van der Waals surface area (Å²) in [6, 6.07) is 5.65. The van der Waals surface area contributed by atoms with Crippen LogP contribution in [0.2, 0.25) is 0 Å². The Kier molecular flexibility index (Phi) is 5.08. The van der Waals surface area contributed by atoms with Crippen molar-refractivity contribution in [2.45, 2.75) is 42.2 Å². The van der Waals surface area contributed by atoms with Crippen LogP contribution in [0, 0.1) is 0 Å². The quantitative estimate of drug-likeness (QED) is 0.679. The predicted octanol–water partition coefficient (Wildman–Crippen LogP) is 1.21. The van der Waals surface area contributed by atoms with Gasteiger partial charge in [0, 0.05) is 11.6 Å². The molecular formula is C16H20N2O5S2. The first-order valence-electron chi connectivity index (χ1n) is 8.08. The number of rotatable bonds is 6. The van der Waals surface area contributed by atoms with Crippen molar-refractivity contribution in [3.05, 3.63) is 29.8 Å². The Hall–Kier alpha value is -1.58. The highest BCUT2D eigenvalue weighted by molar-refractivity contribution is 7.99. The van der Waals surface area contributed by atoms with Gasteiger partial charge in [-0.25, -0.2) is 17.9 Å². The Labute approximate surface area is 150 Å². The molecule has 136 valence electrons. The third-order valence-corrected chi connectivity index (χ3v) is 6.92. The monoisotopic (exact) mass is 384 g/mol. The van der Waals surface area contributed by atoms with Crippen LogP contribution >= 0.6 is 11.8 Å². The van der Waals surface area contributed by atoms with Crippen molar-refractivity contribution in [3.63, 3.8) is 0 Å². The SMILES string of the molecule is O=C(NC1(C(=O)O)CCSCC1)c1cccc(S(=O)(=O)NC2CC2)c1. The molecule has 1 aliphatic carbocycles. The number of thioether (sulfide) groups is 1. The molecule has 3 N–H and O–H groups in total. The van der Waals surface area contributed by atoms with E-state index in [2.05, 4.69) is 10.0 Å². The molecule has 1 aromatic rings. The molecule has 0 spiro atoms. The minimum Gasteiger partial charge on any atom is -0.480 e. The Morgan fingerprint density at radius 3 is 2.48 bits per heavy atom. The molecule has 0 radical (unpaired) electrons. The number of hydrogen-bond acceptors (Lipinski definition) is 5. The fourth-order valence-corrected chi connectivity index (χ4v) is 5.23. The lowest BCUT2D eigenvalue weighted by molar-refractivity contribution is -0.144. The first kappa shape index (κ1) is 18.2. The van der Waals surface area contributed by atoms with E-state index >= 15 is 0 Å². The molecule has 2 fully saturated rings. The van der Waals surface area contributed by atoms with E-state index in [0.717, 1.165) is 12.8 Å². The zero-order chi connectivity index (χ0) is 18.1. The van der Waals surface area contributed by atoms with Crippen molar-refractivity contribution in [2.24, 2.45) is 0 Å². The van der Waals surface area contributed by atoms with Crippen LogP contribution in [0.4, 0.5) is 0 Å². The second-order valence-corrected chi connectivity index (χ2v) is 9.32. The molecule has 1 heterocycles. The highest BCUT2D eigenvalue weighted by Crippen LogP contribution is 2.28. The molecule has 9 heteroatoms. The van der Waals surface area contributed by atoms with Gasteiger partial charge < -0.3 is 10.4 Å². The van der Waals surface area contributed by atoms with Crippen LogP contribution in [-0.2, 0) is 14.8 Å². The third kappa shape index (κ3) is 4.16. The normalized spacial score (nSPS) is 20.0. The van der Waals surface area contributed by atoms with Crippen molar-refractivity contribution < 1.29 is 23.1 Å². The van der Waals surface area contributed by atoms with Crippen molar-refractivity contribution in [1.29, 1.82) is 0 Å². The van der Waals surface area contributed by atoms with Crippen LogP contribution in [0.15, 0.2) is 29.2 Å². The summed E-state index contributed by atoms with van der Waals surface area (Å²) in [5, 5.41) is 12.2. The molecule has 3 rings (SSSR count). The Morgan fingerprint density at radius 1 is 1.20 bits per heavy atom. The maximum atomic E-state index is 12.5. The topological polar surface area (TPSA) is 113 Å². The summed E-state index contributed by atoms with van der Waals surface area (Å²) in [5.41, 5.74) is -1.15. The van der Waals surface area contributed by atoms with E-state index in [4.69, 9.17) is 0 Å². The summed E-state index contributed by atoms with van der Waals surface area (Å²) in [6.45, 7) is 0. The number of amides is 1. The number of carboxylic acid groups (broad SMARTS) is 1. The maximum Gasteiger partial charge on any atom is 0.329 e. The van der Waals surface area contributed by atoms with Crippen LogP contribution in [0.1, 0.15) is 36.0 Å². The number of benzene rings is 1. The van der Waals surface area contributed by atoms with Crippen LogP contribution in [-0.4, -0.2) is 48.5 Å². The number of sulfonamides is 1. The van der Waals surface area contributed by atoms with Gasteiger partial charge in [-0.15, -0.1) is 0 Å². The average Bonchev–Trinajstić information content (AvgIpc) is 3.39. The van der Waals surface area contributed by atoms with Gasteiger partial charge in [0.2, 0.25) is 10.0 Å². The zero-order valence-corrected chi connectivity index (χ0v) is 15.2. The van der Waals surface area contributed by atoms with E-state index in [9.17, 15) is 23.1 Å². The highest BCUT2D eigenvalue weighted by atomic mass is 32.2. The number of hydrogen-bond donors (Lipinski definition) is 3. The molecular weight excluding hydrogens is 364 g/mol. The van der Waals surface area contributed by atoms with Crippen LogP contribution < -0.4 is 10.0 Å². The van der Waals surface area contributed by atoms with E-state index < -0.39 is 27.4 Å². The van der Waals surface area contributed by atoms with Gasteiger partial charge in [0.15, 0.2) is 0 Å². The second-order valence-electron chi connectivity index (χ2n) is 6.38. The molecule has 7 nitrogen and oxygen atoms in total. The highest BCUT2D eigenvalue weighted by Gasteiger charge is 2.41. The smallest absolute Gasteiger partial charge is 0.329 e. The molecule has 25 heavy (non-hydrogen) atoms. The Bertz CT molecular complexity index is 783. The van der Waals surface area contributed by atoms with E-state index in [0.29, 0.717) is 24.3 Å². The Balaban J connectivity index is 1.80. The zero-order valence-electron chi connectivity index (χ0n) is 13.5. The molecule has 1 aromatic carbocycles. The molecule has 1 saturated heterocycles. The molecule has 0 unspecified atom stereocenters. The molecule has 0 bridgehead atoms. The molecule has 1 amide bonds. The predicted molar refractivity (Wildman–Crippen MR) is 94.2 cm³/mol. The first-order valence-corrected chi connectivity index (χ1v) is 10.7. The van der Waals surface area contributed by atoms with E-state index in [1.165, 1.54) is 24.3 Å². The van der Waals surface area contributed by atoms with Crippen LogP contribution in [0.5, 0.6) is 0 Å². The van der Waals surface area contributed by atoms with E-state index in [-0.39, 0.29) is 16.5 Å². The Morgan fingerprint density at radius 2 is 1.88 bits per heavy atom. The molecule has 0 aromatic heterocycles. The minimum atomic E-state index is -3.67. The van der Waals surface area contributed by atoms with E-state index in [1.807, 2.05) is 0 Å². The standard InChI is InChI=1S/C16H20N2O5S2/c19-14(17-16(15(20)21)6-8-24-9-7-16)11-2-1-3-13(10-11)25(22,23)18-12-4-5-12/h1-3,10,12,18H,4-9H2,(H,17,19)(H,20,21). The summed E-state index contributed by atoms with van der Waals surface area (Å²) < 4.78 is 27.1. The van der Waals surface area contributed by atoms with Gasteiger partial charge in [-0.2, -0.15) is 11.8 Å². The van der Waals surface area contributed by atoms with Crippen LogP contribution in [0.3, 0.4) is 0 Å². The second kappa shape index (κ2) is 6.97. The average molecular weight is 384 g/mol. The van der Waals surface area contributed by atoms with Crippen LogP contribution in [0.25, 0.3) is 0 Å². The maximum absolute atomic E-state index is 12.5. The lowest BCUT2D eigenvalue weighted by Crippen LogP contribution is -2.56. The van der Waals surface area contributed by atoms with Gasteiger partial charge in [-0.3, -0.25) is 4.79 Å². The summed E-state index contributed by atoms with van der Waals surface area (Å²) >= 11 is 1.65. The van der Waals surface area contributed by atoms with Gasteiger partial charge in [0.25, 0.3) is 5.91 Å². The van der Waals surface area contributed by atoms with Crippen molar-refractivity contribution in [1.82, 2.24) is 10.0 Å². The minimum absolute atomic E-state index is 0.00984. The number of carbonyl (C=O) groups is 2. The van der Waals surface area contributed by atoms with Gasteiger partial charge in [-0.1, -0.05) is 6.07 Å². The fourth-order valence-electron chi connectivity index (χ4n) is 2.69. The first-order chi connectivity index (χ1) is 11.8. The molecule has 2 aliphatic rings. The summed E-state index contributed by atoms with van der Waals surface area (Å²) in [6.07, 6.45) is 2.33. The van der Waals surface area contributed by atoms with Gasteiger partial charge in [-0.05, 0) is 55.4 Å². The number of nitrogens with one attached hydrogen (secondary N) is 2.